The fourth-order valence-electron chi connectivity index (χ4n) is 2.74. The monoisotopic (exact) mass is 234 g/mol. The first kappa shape index (κ1) is 10.9. The Morgan fingerprint density at radius 2 is 2.18 bits per heavy atom. The molecule has 3 rings (SSSR count). The minimum atomic E-state index is -0.330. The second-order valence-corrected chi connectivity index (χ2v) is 5.00. The molecule has 0 amide bonds. The molecule has 1 fully saturated rings. The number of hydrazine groups is 1. The van der Waals surface area contributed by atoms with Gasteiger partial charge in [-0.25, -0.2) is 15.8 Å². The van der Waals surface area contributed by atoms with E-state index in [0.717, 1.165) is 56.0 Å². The van der Waals surface area contributed by atoms with E-state index in [1.807, 2.05) is 0 Å². The highest BCUT2D eigenvalue weighted by atomic mass is 16.5. The SMILES string of the molecule is CC1(c2nc3c(c(NN)n2)CCC3)CCCO1. The number of rotatable bonds is 2. The zero-order valence-electron chi connectivity index (χ0n) is 10.1. The number of hydrogen-bond acceptors (Lipinski definition) is 5. The number of aromatic nitrogens is 2. The lowest BCUT2D eigenvalue weighted by atomic mass is 10.0. The number of nitrogens with zero attached hydrogens (tertiary/aromatic N) is 2. The van der Waals surface area contributed by atoms with Crippen molar-refractivity contribution in [3.63, 3.8) is 0 Å². The van der Waals surface area contributed by atoms with E-state index in [9.17, 15) is 0 Å². The maximum atomic E-state index is 5.79. The van der Waals surface area contributed by atoms with Crippen molar-refractivity contribution in [1.82, 2.24) is 9.97 Å². The maximum Gasteiger partial charge on any atom is 0.162 e. The van der Waals surface area contributed by atoms with Crippen LogP contribution >= 0.6 is 0 Å². The largest absolute Gasteiger partial charge is 0.367 e. The van der Waals surface area contributed by atoms with Crippen LogP contribution in [0.4, 0.5) is 5.82 Å². The normalized spacial score (nSPS) is 27.2. The van der Waals surface area contributed by atoms with Gasteiger partial charge in [0.15, 0.2) is 5.82 Å². The smallest absolute Gasteiger partial charge is 0.162 e. The van der Waals surface area contributed by atoms with E-state index in [1.54, 1.807) is 0 Å². The van der Waals surface area contributed by atoms with Gasteiger partial charge in [-0.3, -0.25) is 0 Å². The predicted molar refractivity (Wildman–Crippen MR) is 64.4 cm³/mol. The number of hydrogen-bond donors (Lipinski definition) is 2. The molecule has 17 heavy (non-hydrogen) atoms. The van der Waals surface area contributed by atoms with Crippen LogP contribution in [-0.4, -0.2) is 16.6 Å². The lowest BCUT2D eigenvalue weighted by molar-refractivity contribution is 0.00928. The molecule has 2 heterocycles. The molecule has 1 aliphatic heterocycles. The number of nitrogen functional groups attached to an aromatic ring is 1. The molecular weight excluding hydrogens is 216 g/mol. The van der Waals surface area contributed by atoms with Crippen LogP contribution in [0, 0.1) is 0 Å². The molecule has 1 atom stereocenters. The summed E-state index contributed by atoms with van der Waals surface area (Å²) in [5.41, 5.74) is 4.69. The van der Waals surface area contributed by atoms with Gasteiger partial charge in [0.1, 0.15) is 11.4 Å². The average Bonchev–Trinajstić information content (AvgIpc) is 2.96. The minimum absolute atomic E-state index is 0.330. The van der Waals surface area contributed by atoms with E-state index in [2.05, 4.69) is 22.3 Å². The van der Waals surface area contributed by atoms with Crippen molar-refractivity contribution in [2.45, 2.75) is 44.6 Å². The molecule has 0 bridgehead atoms. The van der Waals surface area contributed by atoms with E-state index < -0.39 is 0 Å². The number of anilines is 1. The Balaban J connectivity index is 2.06. The summed E-state index contributed by atoms with van der Waals surface area (Å²) in [7, 11) is 0. The van der Waals surface area contributed by atoms with Gasteiger partial charge in [-0.05, 0) is 39.0 Å². The Kier molecular flexibility index (Phi) is 2.52. The molecule has 1 aromatic heterocycles. The van der Waals surface area contributed by atoms with Crippen LogP contribution in [0.1, 0.15) is 43.3 Å². The van der Waals surface area contributed by atoms with Gasteiger partial charge in [0.05, 0.1) is 0 Å². The van der Waals surface area contributed by atoms with Gasteiger partial charge in [-0.2, -0.15) is 0 Å². The zero-order chi connectivity index (χ0) is 11.9. The van der Waals surface area contributed by atoms with Gasteiger partial charge >= 0.3 is 0 Å². The molecule has 3 N–H and O–H groups in total. The fraction of sp³-hybridized carbons (Fsp3) is 0.667. The summed E-state index contributed by atoms with van der Waals surface area (Å²) in [4.78, 5) is 9.23. The van der Waals surface area contributed by atoms with Crippen molar-refractivity contribution in [2.24, 2.45) is 5.84 Å². The topological polar surface area (TPSA) is 73.1 Å². The van der Waals surface area contributed by atoms with Crippen molar-refractivity contribution in [1.29, 1.82) is 0 Å². The van der Waals surface area contributed by atoms with Gasteiger partial charge in [-0.1, -0.05) is 0 Å². The molecule has 0 saturated carbocycles. The molecule has 1 saturated heterocycles. The first-order chi connectivity index (χ1) is 8.23. The quantitative estimate of drug-likeness (QED) is 0.595. The molecule has 5 heteroatoms. The fourth-order valence-corrected chi connectivity index (χ4v) is 2.74. The molecular formula is C12H18N4O. The summed E-state index contributed by atoms with van der Waals surface area (Å²) >= 11 is 0. The van der Waals surface area contributed by atoms with Crippen LogP contribution in [0.5, 0.6) is 0 Å². The van der Waals surface area contributed by atoms with E-state index in [-0.39, 0.29) is 5.60 Å². The van der Waals surface area contributed by atoms with Gasteiger partial charge in [-0.15, -0.1) is 0 Å². The zero-order valence-corrected chi connectivity index (χ0v) is 10.1. The van der Waals surface area contributed by atoms with Gasteiger partial charge in [0, 0.05) is 17.9 Å². The second-order valence-electron chi connectivity index (χ2n) is 5.00. The van der Waals surface area contributed by atoms with Crippen molar-refractivity contribution in [2.75, 3.05) is 12.0 Å². The second kappa shape index (κ2) is 3.92. The minimum Gasteiger partial charge on any atom is -0.367 e. The van der Waals surface area contributed by atoms with Crippen LogP contribution < -0.4 is 11.3 Å². The summed E-state index contributed by atoms with van der Waals surface area (Å²) in [6, 6.07) is 0. The van der Waals surface area contributed by atoms with Crippen LogP contribution in [0.3, 0.4) is 0 Å². The predicted octanol–water partition coefficient (Wildman–Crippen LogP) is 1.28. The first-order valence-corrected chi connectivity index (χ1v) is 6.24. The highest BCUT2D eigenvalue weighted by Crippen LogP contribution is 2.36. The summed E-state index contributed by atoms with van der Waals surface area (Å²) < 4.78 is 5.79. The third kappa shape index (κ3) is 1.70. The molecule has 0 aromatic carbocycles. The van der Waals surface area contributed by atoms with Crippen molar-refractivity contribution in [3.05, 3.63) is 17.1 Å². The third-order valence-electron chi connectivity index (χ3n) is 3.76. The highest BCUT2D eigenvalue weighted by Gasteiger charge is 2.36. The van der Waals surface area contributed by atoms with E-state index in [0.29, 0.717) is 0 Å². The average molecular weight is 234 g/mol. The first-order valence-electron chi connectivity index (χ1n) is 6.24. The number of nitrogens with two attached hydrogens (primary N) is 1. The highest BCUT2D eigenvalue weighted by molar-refractivity contribution is 5.48. The third-order valence-corrected chi connectivity index (χ3v) is 3.76. The Hall–Kier alpha value is -1.20. The number of nitrogens with one attached hydrogen (secondary N) is 1. The summed E-state index contributed by atoms with van der Waals surface area (Å²) in [6.07, 6.45) is 5.24. The van der Waals surface area contributed by atoms with Crippen molar-refractivity contribution >= 4 is 5.82 Å². The summed E-state index contributed by atoms with van der Waals surface area (Å²) in [6.45, 7) is 2.86. The Labute approximate surface area is 101 Å². The lowest BCUT2D eigenvalue weighted by Crippen LogP contribution is -2.25. The molecule has 0 spiro atoms. The van der Waals surface area contributed by atoms with Crippen molar-refractivity contribution in [3.8, 4) is 0 Å². The van der Waals surface area contributed by atoms with Gasteiger partial charge in [0.25, 0.3) is 0 Å². The van der Waals surface area contributed by atoms with Crippen LogP contribution in [-0.2, 0) is 23.2 Å². The standard InChI is InChI=1S/C12H18N4O/c1-12(6-3-7-17-12)11-14-9-5-2-4-8(9)10(15-11)16-13/h2-7,13H2,1H3,(H,14,15,16). The maximum absolute atomic E-state index is 5.79. The Morgan fingerprint density at radius 1 is 1.29 bits per heavy atom. The van der Waals surface area contributed by atoms with Crippen LogP contribution in [0.2, 0.25) is 0 Å². The van der Waals surface area contributed by atoms with Gasteiger partial charge < -0.3 is 10.2 Å². The molecule has 92 valence electrons. The Morgan fingerprint density at radius 3 is 2.88 bits per heavy atom. The summed E-state index contributed by atoms with van der Waals surface area (Å²) in [5, 5.41) is 0. The number of ether oxygens (including phenoxy) is 1. The van der Waals surface area contributed by atoms with Crippen LogP contribution in [0.25, 0.3) is 0 Å². The van der Waals surface area contributed by atoms with E-state index >= 15 is 0 Å². The molecule has 0 radical (unpaired) electrons. The van der Waals surface area contributed by atoms with Crippen LogP contribution in [0.15, 0.2) is 0 Å². The lowest BCUT2D eigenvalue weighted by Gasteiger charge is -2.22. The molecule has 1 aliphatic carbocycles. The van der Waals surface area contributed by atoms with Crippen molar-refractivity contribution < 1.29 is 4.74 Å². The molecule has 2 aliphatic rings. The number of aryl methyl sites for hydroxylation is 1. The molecule has 1 unspecified atom stereocenters. The van der Waals surface area contributed by atoms with E-state index in [1.165, 1.54) is 5.56 Å². The van der Waals surface area contributed by atoms with Gasteiger partial charge in [0.2, 0.25) is 0 Å². The Bertz CT molecular complexity index is 440. The van der Waals surface area contributed by atoms with E-state index in [4.69, 9.17) is 10.6 Å². The number of fused-ring (bicyclic) bond motifs is 1. The molecule has 1 aromatic rings. The molecule has 5 nitrogen and oxygen atoms in total. The summed E-state index contributed by atoms with van der Waals surface area (Å²) in [5.74, 6) is 7.11.